The number of benzene rings is 2. The number of aromatic nitrogens is 2. The van der Waals surface area contributed by atoms with Crippen LogP contribution in [0.5, 0.6) is 5.75 Å². The van der Waals surface area contributed by atoms with E-state index in [0.717, 1.165) is 22.7 Å². The van der Waals surface area contributed by atoms with Crippen molar-refractivity contribution in [1.29, 1.82) is 0 Å². The zero-order valence-corrected chi connectivity index (χ0v) is 12.9. The predicted molar refractivity (Wildman–Crippen MR) is 88.9 cm³/mol. The Bertz CT molecular complexity index is 1060. The molecular weight excluding hydrogens is 310 g/mol. The van der Waals surface area contributed by atoms with E-state index in [0.29, 0.717) is 5.82 Å². The molecule has 0 aliphatic carbocycles. The molecular formula is C19H14F2N2O. The molecule has 0 bridgehead atoms. The van der Waals surface area contributed by atoms with Crippen molar-refractivity contribution in [2.45, 2.75) is 6.92 Å². The number of hydrogen-bond donors (Lipinski definition) is 1. The number of hydrogen-bond acceptors (Lipinski definition) is 1. The summed E-state index contributed by atoms with van der Waals surface area (Å²) in [5, 5.41) is 10.3. The second kappa shape index (κ2) is 5.23. The summed E-state index contributed by atoms with van der Waals surface area (Å²) in [5.74, 6) is -2.34. The summed E-state index contributed by atoms with van der Waals surface area (Å²) in [6, 6.07) is 15.8. The van der Waals surface area contributed by atoms with Gasteiger partial charge < -0.3 is 9.67 Å². The van der Waals surface area contributed by atoms with Crippen molar-refractivity contribution in [3.05, 3.63) is 78.1 Å². The molecule has 0 saturated carbocycles. The van der Waals surface area contributed by atoms with Gasteiger partial charge in [0.25, 0.3) is 0 Å². The number of fused-ring (bicyclic) bond motifs is 1. The van der Waals surface area contributed by atoms with Gasteiger partial charge in [0.05, 0.1) is 11.2 Å². The highest BCUT2D eigenvalue weighted by Crippen LogP contribution is 2.31. The van der Waals surface area contributed by atoms with Crippen LogP contribution in [0.4, 0.5) is 8.78 Å². The number of phenols is 1. The Kier molecular flexibility index (Phi) is 3.16. The van der Waals surface area contributed by atoms with E-state index < -0.39 is 17.4 Å². The van der Waals surface area contributed by atoms with E-state index in [1.54, 1.807) is 4.57 Å². The van der Waals surface area contributed by atoms with E-state index in [2.05, 4.69) is 0 Å². The molecule has 0 atom stereocenters. The lowest BCUT2D eigenvalue weighted by atomic mass is 10.2. The molecule has 0 aliphatic rings. The maximum atomic E-state index is 14.5. The highest BCUT2D eigenvalue weighted by molar-refractivity contribution is 5.85. The summed E-state index contributed by atoms with van der Waals surface area (Å²) in [6.07, 6.45) is 1.87. The van der Waals surface area contributed by atoms with Crippen LogP contribution < -0.4 is 0 Å². The van der Waals surface area contributed by atoms with Crippen molar-refractivity contribution < 1.29 is 13.9 Å². The van der Waals surface area contributed by atoms with Crippen molar-refractivity contribution in [3.8, 4) is 17.3 Å². The normalized spacial score (nSPS) is 11.3. The van der Waals surface area contributed by atoms with Gasteiger partial charge in [0.2, 0.25) is 5.82 Å². The van der Waals surface area contributed by atoms with Gasteiger partial charge in [-0.3, -0.25) is 4.57 Å². The van der Waals surface area contributed by atoms with Gasteiger partial charge in [0.1, 0.15) is 5.82 Å². The van der Waals surface area contributed by atoms with Gasteiger partial charge in [-0.15, -0.1) is 0 Å². The van der Waals surface area contributed by atoms with Crippen molar-refractivity contribution in [2.24, 2.45) is 0 Å². The van der Waals surface area contributed by atoms with Crippen LogP contribution in [0.25, 0.3) is 22.4 Å². The van der Waals surface area contributed by atoms with E-state index in [9.17, 15) is 13.9 Å². The van der Waals surface area contributed by atoms with Gasteiger partial charge in [0, 0.05) is 17.3 Å². The van der Waals surface area contributed by atoms with Crippen LogP contribution in [0.3, 0.4) is 0 Å². The SMILES string of the molecule is Cc1cccn1-c1cc2ccccc2n1-c1ccc(O)c(F)c1F. The minimum absolute atomic E-state index is 0.0506. The second-order valence-corrected chi connectivity index (χ2v) is 5.65. The van der Waals surface area contributed by atoms with Gasteiger partial charge in [0.15, 0.2) is 11.6 Å². The second-order valence-electron chi connectivity index (χ2n) is 5.65. The summed E-state index contributed by atoms with van der Waals surface area (Å²) in [5.41, 5.74) is 1.78. The lowest BCUT2D eigenvalue weighted by Crippen LogP contribution is -2.07. The first-order valence-electron chi connectivity index (χ1n) is 7.50. The lowest BCUT2D eigenvalue weighted by Gasteiger charge is -2.14. The van der Waals surface area contributed by atoms with Gasteiger partial charge in [-0.05, 0) is 43.3 Å². The fourth-order valence-corrected chi connectivity index (χ4v) is 3.00. The van der Waals surface area contributed by atoms with Crippen LogP contribution in [-0.4, -0.2) is 14.2 Å². The molecule has 0 fully saturated rings. The molecule has 2 aromatic carbocycles. The average Bonchev–Trinajstić information content (AvgIpc) is 3.16. The Morgan fingerprint density at radius 3 is 2.46 bits per heavy atom. The molecule has 0 unspecified atom stereocenters. The fraction of sp³-hybridized carbons (Fsp3) is 0.0526. The van der Waals surface area contributed by atoms with Crippen LogP contribution in [0.2, 0.25) is 0 Å². The number of rotatable bonds is 2. The largest absolute Gasteiger partial charge is 0.505 e. The minimum Gasteiger partial charge on any atom is -0.505 e. The molecule has 1 N–H and O–H groups in total. The summed E-state index contributed by atoms with van der Waals surface area (Å²) in [4.78, 5) is 0. The number of aryl methyl sites for hydroxylation is 1. The number of aromatic hydroxyl groups is 1. The minimum atomic E-state index is -1.25. The van der Waals surface area contributed by atoms with Crippen molar-refractivity contribution in [1.82, 2.24) is 9.13 Å². The topological polar surface area (TPSA) is 30.1 Å². The first kappa shape index (κ1) is 14.5. The molecule has 24 heavy (non-hydrogen) atoms. The standard InChI is InChI=1S/C19H14F2N2O/c1-12-5-4-10-22(12)17-11-13-6-2-3-7-14(13)23(17)15-8-9-16(24)19(21)18(15)20/h2-11,24H,1H3. The highest BCUT2D eigenvalue weighted by atomic mass is 19.2. The fourth-order valence-electron chi connectivity index (χ4n) is 3.00. The number of para-hydroxylation sites is 1. The van der Waals surface area contributed by atoms with E-state index in [-0.39, 0.29) is 5.69 Å². The zero-order chi connectivity index (χ0) is 16.8. The van der Waals surface area contributed by atoms with Crippen molar-refractivity contribution in [3.63, 3.8) is 0 Å². The molecule has 3 nitrogen and oxygen atoms in total. The van der Waals surface area contributed by atoms with Gasteiger partial charge in [-0.25, -0.2) is 4.39 Å². The number of phenolic OH excluding ortho intramolecular Hbond substituents is 1. The maximum Gasteiger partial charge on any atom is 0.202 e. The third kappa shape index (κ3) is 2.01. The molecule has 4 aromatic rings. The van der Waals surface area contributed by atoms with E-state index in [1.807, 2.05) is 60.2 Å². The molecule has 5 heteroatoms. The first-order valence-corrected chi connectivity index (χ1v) is 7.50. The molecule has 0 radical (unpaired) electrons. The molecule has 2 heterocycles. The Hall–Kier alpha value is -3.08. The average molecular weight is 324 g/mol. The number of halogens is 2. The Balaban J connectivity index is 2.11. The van der Waals surface area contributed by atoms with Crippen LogP contribution >= 0.6 is 0 Å². The van der Waals surface area contributed by atoms with Crippen LogP contribution in [-0.2, 0) is 0 Å². The summed E-state index contributed by atoms with van der Waals surface area (Å²) in [7, 11) is 0. The van der Waals surface area contributed by atoms with Gasteiger partial charge >= 0.3 is 0 Å². The summed E-state index contributed by atoms with van der Waals surface area (Å²) >= 11 is 0. The zero-order valence-electron chi connectivity index (χ0n) is 12.9. The van der Waals surface area contributed by atoms with Gasteiger partial charge in [-0.2, -0.15) is 4.39 Å². The van der Waals surface area contributed by atoms with Gasteiger partial charge in [-0.1, -0.05) is 18.2 Å². The smallest absolute Gasteiger partial charge is 0.202 e. The molecule has 4 rings (SSSR count). The Morgan fingerprint density at radius 2 is 1.71 bits per heavy atom. The van der Waals surface area contributed by atoms with Crippen LogP contribution in [0.1, 0.15) is 5.69 Å². The molecule has 0 saturated heterocycles. The number of nitrogens with zero attached hydrogens (tertiary/aromatic N) is 2. The summed E-state index contributed by atoms with van der Waals surface area (Å²) in [6.45, 7) is 1.94. The third-order valence-corrected chi connectivity index (χ3v) is 4.17. The maximum absolute atomic E-state index is 14.5. The lowest BCUT2D eigenvalue weighted by molar-refractivity contribution is 0.406. The first-order chi connectivity index (χ1) is 11.6. The van der Waals surface area contributed by atoms with Crippen molar-refractivity contribution >= 4 is 10.9 Å². The quantitative estimate of drug-likeness (QED) is 0.568. The van der Waals surface area contributed by atoms with Crippen LogP contribution in [0.15, 0.2) is 60.8 Å². The van der Waals surface area contributed by atoms with E-state index in [1.165, 1.54) is 6.07 Å². The Labute approximate surface area is 137 Å². The van der Waals surface area contributed by atoms with Crippen molar-refractivity contribution in [2.75, 3.05) is 0 Å². The molecule has 120 valence electrons. The van der Waals surface area contributed by atoms with E-state index >= 15 is 0 Å². The molecule has 2 aromatic heterocycles. The van der Waals surface area contributed by atoms with E-state index in [4.69, 9.17) is 0 Å². The Morgan fingerprint density at radius 1 is 0.917 bits per heavy atom. The molecule has 0 amide bonds. The van der Waals surface area contributed by atoms with Crippen LogP contribution in [0, 0.1) is 18.6 Å². The molecule has 0 aliphatic heterocycles. The summed E-state index contributed by atoms with van der Waals surface area (Å²) < 4.78 is 32.0. The monoisotopic (exact) mass is 324 g/mol. The molecule has 0 spiro atoms. The third-order valence-electron chi connectivity index (χ3n) is 4.17. The predicted octanol–water partition coefficient (Wildman–Crippen LogP) is 4.71. The highest BCUT2D eigenvalue weighted by Gasteiger charge is 2.19.